The fourth-order valence-corrected chi connectivity index (χ4v) is 3.08. The van der Waals surface area contributed by atoms with Crippen molar-refractivity contribution >= 4 is 0 Å². The number of phenols is 1. The lowest BCUT2D eigenvalue weighted by Crippen LogP contribution is -1.93. The molecule has 0 saturated carbocycles. The lowest BCUT2D eigenvalue weighted by molar-refractivity contribution is 0.476. The van der Waals surface area contributed by atoms with Gasteiger partial charge in [-0.25, -0.2) is 0 Å². The number of hydrogen-bond acceptors (Lipinski definition) is 1. The van der Waals surface area contributed by atoms with E-state index < -0.39 is 0 Å². The van der Waals surface area contributed by atoms with Crippen molar-refractivity contribution in [1.82, 2.24) is 0 Å². The zero-order chi connectivity index (χ0) is 15.4. The first-order valence-corrected chi connectivity index (χ1v) is 7.99. The van der Waals surface area contributed by atoms with Gasteiger partial charge < -0.3 is 5.11 Å². The van der Waals surface area contributed by atoms with Gasteiger partial charge in [0.25, 0.3) is 0 Å². The highest BCUT2D eigenvalue weighted by Gasteiger charge is 2.12. The van der Waals surface area contributed by atoms with Gasteiger partial charge in [0.1, 0.15) is 5.75 Å². The van der Waals surface area contributed by atoms with E-state index in [2.05, 4.69) is 52.0 Å². The van der Waals surface area contributed by atoms with Gasteiger partial charge in [0.15, 0.2) is 0 Å². The van der Waals surface area contributed by atoms with Crippen molar-refractivity contribution in [2.24, 2.45) is 0 Å². The Morgan fingerprint density at radius 2 is 1.43 bits per heavy atom. The molecule has 2 aromatic carbocycles. The van der Waals surface area contributed by atoms with Crippen LogP contribution in [0, 0.1) is 13.8 Å². The van der Waals surface area contributed by atoms with Crippen molar-refractivity contribution in [3.8, 4) is 16.9 Å². The molecule has 0 atom stereocenters. The highest BCUT2D eigenvalue weighted by atomic mass is 16.3. The van der Waals surface area contributed by atoms with Crippen molar-refractivity contribution in [2.75, 3.05) is 0 Å². The van der Waals surface area contributed by atoms with Crippen LogP contribution >= 0.6 is 0 Å². The van der Waals surface area contributed by atoms with Crippen molar-refractivity contribution in [3.05, 3.63) is 52.6 Å². The predicted octanol–water partition coefficient (Wildman–Crippen LogP) is 5.58. The highest BCUT2D eigenvalue weighted by Crippen LogP contribution is 2.36. The van der Waals surface area contributed by atoms with Crippen LogP contribution in [-0.2, 0) is 12.8 Å². The second-order valence-corrected chi connectivity index (χ2v) is 5.96. The molecule has 0 heterocycles. The molecular formula is C20H26O. The van der Waals surface area contributed by atoms with Crippen molar-refractivity contribution in [3.63, 3.8) is 0 Å². The van der Waals surface area contributed by atoms with E-state index in [9.17, 15) is 5.11 Å². The lowest BCUT2D eigenvalue weighted by Gasteiger charge is -2.14. The van der Waals surface area contributed by atoms with E-state index in [1.807, 2.05) is 6.07 Å². The number of rotatable bonds is 5. The third-order valence-corrected chi connectivity index (χ3v) is 4.01. The monoisotopic (exact) mass is 282 g/mol. The molecule has 0 aromatic heterocycles. The maximum Gasteiger partial charge on any atom is 0.123 e. The summed E-state index contributed by atoms with van der Waals surface area (Å²) in [7, 11) is 0. The van der Waals surface area contributed by atoms with Gasteiger partial charge in [-0.3, -0.25) is 0 Å². The molecule has 1 heteroatoms. The van der Waals surface area contributed by atoms with E-state index in [-0.39, 0.29) is 0 Å². The summed E-state index contributed by atoms with van der Waals surface area (Å²) in [5.74, 6) is 0.407. The smallest absolute Gasteiger partial charge is 0.123 e. The Bertz CT molecular complexity index is 603. The van der Waals surface area contributed by atoms with E-state index in [1.165, 1.54) is 16.7 Å². The number of phenolic OH excluding ortho intramolecular Hbond substituents is 1. The molecule has 1 N–H and O–H groups in total. The second kappa shape index (κ2) is 6.80. The Balaban J connectivity index is 2.46. The minimum absolute atomic E-state index is 0.407. The Morgan fingerprint density at radius 3 is 2.00 bits per heavy atom. The molecule has 0 spiro atoms. The lowest BCUT2D eigenvalue weighted by atomic mass is 9.92. The summed E-state index contributed by atoms with van der Waals surface area (Å²) in [6, 6.07) is 10.7. The van der Waals surface area contributed by atoms with Gasteiger partial charge in [0.05, 0.1) is 0 Å². The Morgan fingerprint density at radius 1 is 0.810 bits per heavy atom. The van der Waals surface area contributed by atoms with E-state index in [4.69, 9.17) is 0 Å². The van der Waals surface area contributed by atoms with E-state index in [0.29, 0.717) is 5.75 Å². The summed E-state index contributed by atoms with van der Waals surface area (Å²) in [5, 5.41) is 10.4. The fraction of sp³-hybridized carbons (Fsp3) is 0.400. The Labute approximate surface area is 128 Å². The van der Waals surface area contributed by atoms with Gasteiger partial charge in [-0.1, -0.05) is 51.0 Å². The number of benzene rings is 2. The summed E-state index contributed by atoms with van der Waals surface area (Å²) in [4.78, 5) is 0. The molecule has 2 aromatic rings. The summed E-state index contributed by atoms with van der Waals surface area (Å²) < 4.78 is 0. The Kier molecular flexibility index (Phi) is 5.06. The fourth-order valence-electron chi connectivity index (χ4n) is 3.08. The third-order valence-electron chi connectivity index (χ3n) is 4.01. The van der Waals surface area contributed by atoms with Crippen LogP contribution < -0.4 is 0 Å². The van der Waals surface area contributed by atoms with E-state index in [0.717, 1.165) is 42.4 Å². The maximum absolute atomic E-state index is 10.4. The van der Waals surface area contributed by atoms with Crippen LogP contribution in [0.2, 0.25) is 0 Å². The van der Waals surface area contributed by atoms with Crippen LogP contribution in [0.4, 0.5) is 0 Å². The van der Waals surface area contributed by atoms with Crippen molar-refractivity contribution in [1.29, 1.82) is 0 Å². The Hall–Kier alpha value is -1.76. The van der Waals surface area contributed by atoms with Crippen LogP contribution in [0.25, 0.3) is 11.1 Å². The van der Waals surface area contributed by atoms with Gasteiger partial charge in [0, 0.05) is 5.56 Å². The molecule has 21 heavy (non-hydrogen) atoms. The van der Waals surface area contributed by atoms with Gasteiger partial charge >= 0.3 is 0 Å². The molecule has 0 amide bonds. The largest absolute Gasteiger partial charge is 0.507 e. The molecule has 0 radical (unpaired) electrons. The average Bonchev–Trinajstić information content (AvgIpc) is 2.41. The SMILES string of the molecule is CCCc1ccc(-c2c(C)cc(CCC)cc2O)c(C)c1. The topological polar surface area (TPSA) is 20.2 Å². The number of aromatic hydroxyl groups is 1. The zero-order valence-corrected chi connectivity index (χ0v) is 13.7. The number of hydrogen-bond donors (Lipinski definition) is 1. The normalized spacial score (nSPS) is 10.9. The molecule has 0 aliphatic carbocycles. The van der Waals surface area contributed by atoms with Gasteiger partial charge in [0.2, 0.25) is 0 Å². The second-order valence-electron chi connectivity index (χ2n) is 5.96. The quantitative estimate of drug-likeness (QED) is 0.759. The zero-order valence-electron chi connectivity index (χ0n) is 13.7. The third kappa shape index (κ3) is 3.47. The minimum Gasteiger partial charge on any atom is -0.507 e. The van der Waals surface area contributed by atoms with Gasteiger partial charge in [-0.05, 0) is 60.6 Å². The first-order valence-electron chi connectivity index (χ1n) is 7.99. The molecule has 112 valence electrons. The van der Waals surface area contributed by atoms with E-state index >= 15 is 0 Å². The first kappa shape index (κ1) is 15.6. The molecule has 0 fully saturated rings. The summed E-state index contributed by atoms with van der Waals surface area (Å²) in [6.07, 6.45) is 4.39. The minimum atomic E-state index is 0.407. The molecule has 0 aliphatic rings. The molecule has 0 saturated heterocycles. The first-order chi connectivity index (χ1) is 10.1. The summed E-state index contributed by atoms with van der Waals surface area (Å²) in [6.45, 7) is 8.59. The molecular weight excluding hydrogens is 256 g/mol. The van der Waals surface area contributed by atoms with Gasteiger partial charge in [-0.2, -0.15) is 0 Å². The highest BCUT2D eigenvalue weighted by molar-refractivity contribution is 5.76. The maximum atomic E-state index is 10.4. The summed E-state index contributed by atoms with van der Waals surface area (Å²) in [5.41, 5.74) is 7.12. The predicted molar refractivity (Wildman–Crippen MR) is 91.0 cm³/mol. The summed E-state index contributed by atoms with van der Waals surface area (Å²) >= 11 is 0. The molecule has 1 nitrogen and oxygen atoms in total. The molecule has 0 bridgehead atoms. The standard InChI is InChI=1S/C20H26O/c1-5-7-16-9-10-18(14(3)11-16)20-15(4)12-17(8-6-2)13-19(20)21/h9-13,21H,5-8H2,1-4H3. The van der Waals surface area contributed by atoms with Crippen LogP contribution in [0.5, 0.6) is 5.75 Å². The molecule has 0 unspecified atom stereocenters. The van der Waals surface area contributed by atoms with Gasteiger partial charge in [-0.15, -0.1) is 0 Å². The molecule has 0 aliphatic heterocycles. The van der Waals surface area contributed by atoms with E-state index in [1.54, 1.807) is 0 Å². The van der Waals surface area contributed by atoms with Crippen molar-refractivity contribution < 1.29 is 5.11 Å². The van der Waals surface area contributed by atoms with Crippen LogP contribution in [0.15, 0.2) is 30.3 Å². The average molecular weight is 282 g/mol. The molecule has 2 rings (SSSR count). The van der Waals surface area contributed by atoms with Crippen molar-refractivity contribution in [2.45, 2.75) is 53.4 Å². The van der Waals surface area contributed by atoms with Crippen LogP contribution in [0.3, 0.4) is 0 Å². The van der Waals surface area contributed by atoms with Crippen LogP contribution in [-0.4, -0.2) is 5.11 Å². The van der Waals surface area contributed by atoms with Crippen LogP contribution in [0.1, 0.15) is 48.9 Å². The number of aryl methyl sites for hydroxylation is 4.